The number of rotatable bonds is 5. The lowest BCUT2D eigenvalue weighted by molar-refractivity contribution is 0.0978. The molecule has 138 valence electrons. The molecule has 0 unspecified atom stereocenters. The molecule has 0 aliphatic rings. The normalized spacial score (nSPS) is 10.6. The van der Waals surface area contributed by atoms with Crippen LogP contribution in [0, 0.1) is 6.92 Å². The highest BCUT2D eigenvalue weighted by Crippen LogP contribution is 2.17. The van der Waals surface area contributed by atoms with Crippen LogP contribution in [0.15, 0.2) is 79.3 Å². The Balaban J connectivity index is 1.64. The maximum Gasteiger partial charge on any atom is 0.280 e. The monoisotopic (exact) mass is 370 g/mol. The van der Waals surface area contributed by atoms with E-state index >= 15 is 0 Å². The summed E-state index contributed by atoms with van der Waals surface area (Å²) in [5.74, 6) is 1.71. The van der Waals surface area contributed by atoms with Gasteiger partial charge in [-0.1, -0.05) is 36.4 Å². The van der Waals surface area contributed by atoms with Crippen LogP contribution in [0.5, 0.6) is 0 Å². The quantitative estimate of drug-likeness (QED) is 0.539. The first kappa shape index (κ1) is 17.5. The fourth-order valence-corrected chi connectivity index (χ4v) is 2.86. The lowest BCUT2D eigenvalue weighted by Crippen LogP contribution is -2.32. The SMILES string of the molecule is Cc1nccn1-c1ccc(C(=O)N(Cc2ccccc2)c2ccccn2)nn1. The Kier molecular flexibility index (Phi) is 4.88. The van der Waals surface area contributed by atoms with Crippen LogP contribution in [-0.2, 0) is 6.54 Å². The summed E-state index contributed by atoms with van der Waals surface area (Å²) in [5, 5.41) is 8.34. The molecular weight excluding hydrogens is 352 g/mol. The van der Waals surface area contributed by atoms with E-state index in [1.807, 2.05) is 54.0 Å². The number of benzene rings is 1. The first-order valence-corrected chi connectivity index (χ1v) is 8.83. The van der Waals surface area contributed by atoms with E-state index in [0.717, 1.165) is 11.4 Å². The summed E-state index contributed by atoms with van der Waals surface area (Å²) in [5.41, 5.74) is 1.25. The van der Waals surface area contributed by atoms with Crippen molar-refractivity contribution in [1.29, 1.82) is 0 Å². The molecule has 0 N–H and O–H groups in total. The van der Waals surface area contributed by atoms with Crippen molar-refractivity contribution in [3.05, 3.63) is 96.3 Å². The molecule has 0 fully saturated rings. The molecule has 7 heteroatoms. The molecule has 0 radical (unpaired) electrons. The molecule has 0 saturated carbocycles. The summed E-state index contributed by atoms with van der Waals surface area (Å²) >= 11 is 0. The van der Waals surface area contributed by atoms with Crippen molar-refractivity contribution in [3.63, 3.8) is 0 Å². The van der Waals surface area contributed by atoms with Gasteiger partial charge in [-0.05, 0) is 36.8 Å². The maximum atomic E-state index is 13.2. The minimum absolute atomic E-state index is 0.253. The molecule has 28 heavy (non-hydrogen) atoms. The van der Waals surface area contributed by atoms with Crippen molar-refractivity contribution in [1.82, 2.24) is 24.7 Å². The van der Waals surface area contributed by atoms with Gasteiger partial charge in [-0.3, -0.25) is 14.3 Å². The van der Waals surface area contributed by atoms with Crippen LogP contribution in [0.25, 0.3) is 5.82 Å². The van der Waals surface area contributed by atoms with E-state index in [-0.39, 0.29) is 11.6 Å². The van der Waals surface area contributed by atoms with Crippen LogP contribution in [0.4, 0.5) is 5.82 Å². The molecule has 0 atom stereocenters. The lowest BCUT2D eigenvalue weighted by atomic mass is 10.2. The number of amides is 1. The van der Waals surface area contributed by atoms with E-state index in [1.54, 1.807) is 41.7 Å². The van der Waals surface area contributed by atoms with Gasteiger partial charge >= 0.3 is 0 Å². The second kappa shape index (κ2) is 7.79. The number of nitrogens with zero attached hydrogens (tertiary/aromatic N) is 6. The number of hydrogen-bond acceptors (Lipinski definition) is 5. The second-order valence-electron chi connectivity index (χ2n) is 6.19. The maximum absolute atomic E-state index is 13.2. The Labute approximate surface area is 162 Å². The Morgan fingerprint density at radius 2 is 1.75 bits per heavy atom. The van der Waals surface area contributed by atoms with Gasteiger partial charge in [0, 0.05) is 18.6 Å². The number of carbonyl (C=O) groups excluding carboxylic acids is 1. The van der Waals surface area contributed by atoms with E-state index in [1.165, 1.54) is 0 Å². The van der Waals surface area contributed by atoms with Crippen molar-refractivity contribution in [3.8, 4) is 5.82 Å². The van der Waals surface area contributed by atoms with Crippen LogP contribution in [0.1, 0.15) is 21.9 Å². The van der Waals surface area contributed by atoms with E-state index in [4.69, 9.17) is 0 Å². The minimum Gasteiger partial charge on any atom is -0.287 e. The Morgan fingerprint density at radius 3 is 2.39 bits per heavy atom. The van der Waals surface area contributed by atoms with Gasteiger partial charge in [-0.25, -0.2) is 9.97 Å². The van der Waals surface area contributed by atoms with Gasteiger partial charge in [0.1, 0.15) is 11.6 Å². The highest BCUT2D eigenvalue weighted by Gasteiger charge is 2.21. The topological polar surface area (TPSA) is 76.8 Å². The summed E-state index contributed by atoms with van der Waals surface area (Å²) < 4.78 is 1.81. The number of carbonyl (C=O) groups is 1. The summed E-state index contributed by atoms with van der Waals surface area (Å²) in [6.07, 6.45) is 5.16. The predicted molar refractivity (Wildman–Crippen MR) is 105 cm³/mol. The van der Waals surface area contributed by atoms with Crippen molar-refractivity contribution in [2.45, 2.75) is 13.5 Å². The van der Waals surface area contributed by atoms with Crippen LogP contribution in [-0.4, -0.2) is 30.6 Å². The zero-order valence-electron chi connectivity index (χ0n) is 15.3. The molecule has 4 aromatic rings. The first-order valence-electron chi connectivity index (χ1n) is 8.83. The molecule has 0 bridgehead atoms. The lowest BCUT2D eigenvalue weighted by Gasteiger charge is -2.21. The van der Waals surface area contributed by atoms with E-state index in [0.29, 0.717) is 18.2 Å². The fourth-order valence-electron chi connectivity index (χ4n) is 2.86. The van der Waals surface area contributed by atoms with Gasteiger partial charge in [0.15, 0.2) is 11.5 Å². The average molecular weight is 370 g/mol. The van der Waals surface area contributed by atoms with E-state index in [2.05, 4.69) is 20.2 Å². The van der Waals surface area contributed by atoms with Crippen LogP contribution >= 0.6 is 0 Å². The third-order valence-corrected chi connectivity index (χ3v) is 4.30. The van der Waals surface area contributed by atoms with Crippen molar-refractivity contribution in [2.24, 2.45) is 0 Å². The largest absolute Gasteiger partial charge is 0.287 e. The van der Waals surface area contributed by atoms with Crippen molar-refractivity contribution >= 4 is 11.7 Å². The average Bonchev–Trinajstić information content (AvgIpc) is 3.19. The van der Waals surface area contributed by atoms with Crippen LogP contribution in [0.3, 0.4) is 0 Å². The second-order valence-corrected chi connectivity index (χ2v) is 6.19. The smallest absolute Gasteiger partial charge is 0.280 e. The summed E-state index contributed by atoms with van der Waals surface area (Å²) in [4.78, 5) is 23.3. The molecule has 0 saturated heterocycles. The third-order valence-electron chi connectivity index (χ3n) is 4.30. The Bertz CT molecular complexity index is 1060. The number of aryl methyl sites for hydroxylation is 1. The van der Waals surface area contributed by atoms with Gasteiger partial charge in [0.2, 0.25) is 0 Å². The van der Waals surface area contributed by atoms with Crippen LogP contribution < -0.4 is 4.90 Å². The molecule has 1 aromatic carbocycles. The standard InChI is InChI=1S/C21H18N6O/c1-16-22-13-14-26(16)20-11-10-18(24-25-20)21(28)27(19-9-5-6-12-23-19)15-17-7-3-2-4-8-17/h2-14H,15H2,1H3. The number of hydrogen-bond donors (Lipinski definition) is 0. The number of anilines is 1. The molecular formula is C21H18N6O. The van der Waals surface area contributed by atoms with Crippen LogP contribution in [0.2, 0.25) is 0 Å². The zero-order chi connectivity index (χ0) is 19.3. The van der Waals surface area contributed by atoms with Gasteiger partial charge in [0.05, 0.1) is 6.54 Å². The molecule has 0 spiro atoms. The highest BCUT2D eigenvalue weighted by molar-refractivity contribution is 6.04. The Morgan fingerprint density at radius 1 is 0.929 bits per heavy atom. The number of aromatic nitrogens is 5. The molecule has 0 aliphatic heterocycles. The van der Waals surface area contributed by atoms with Gasteiger partial charge in [-0.2, -0.15) is 0 Å². The molecule has 3 aromatic heterocycles. The molecule has 0 aliphatic carbocycles. The summed E-state index contributed by atoms with van der Waals surface area (Å²) in [7, 11) is 0. The van der Waals surface area contributed by atoms with Gasteiger partial charge in [0.25, 0.3) is 5.91 Å². The van der Waals surface area contributed by atoms with Gasteiger partial charge in [-0.15, -0.1) is 10.2 Å². The molecule has 4 rings (SSSR count). The van der Waals surface area contributed by atoms with E-state index < -0.39 is 0 Å². The number of imidazole rings is 1. The first-order chi connectivity index (χ1) is 13.7. The summed E-state index contributed by atoms with van der Waals surface area (Å²) in [6, 6.07) is 18.7. The predicted octanol–water partition coefficient (Wildman–Crippen LogP) is 3.21. The Hall–Kier alpha value is -3.87. The fraction of sp³-hybridized carbons (Fsp3) is 0.0952. The minimum atomic E-state index is -0.260. The van der Waals surface area contributed by atoms with Crippen molar-refractivity contribution in [2.75, 3.05) is 4.90 Å². The molecule has 3 heterocycles. The summed E-state index contributed by atoms with van der Waals surface area (Å²) in [6.45, 7) is 2.27. The highest BCUT2D eigenvalue weighted by atomic mass is 16.2. The third kappa shape index (κ3) is 3.64. The number of pyridine rings is 1. The molecule has 7 nitrogen and oxygen atoms in total. The van der Waals surface area contributed by atoms with Gasteiger partial charge < -0.3 is 0 Å². The molecule has 1 amide bonds. The van der Waals surface area contributed by atoms with E-state index in [9.17, 15) is 4.79 Å². The zero-order valence-corrected chi connectivity index (χ0v) is 15.3. The van der Waals surface area contributed by atoms with Crippen molar-refractivity contribution < 1.29 is 4.79 Å².